The van der Waals surface area contributed by atoms with E-state index >= 15 is 0 Å². The fourth-order valence-electron chi connectivity index (χ4n) is 10.4. The van der Waals surface area contributed by atoms with E-state index in [1.54, 1.807) is 0 Å². The van der Waals surface area contributed by atoms with Crippen molar-refractivity contribution < 1.29 is 80.2 Å². The molecule has 596 valence electrons. The van der Waals surface area contributed by atoms with Gasteiger partial charge < -0.3 is 33.8 Å². The van der Waals surface area contributed by atoms with Crippen molar-refractivity contribution in [3.8, 4) is 0 Å². The number of unbranched alkanes of at least 4 members (excludes halogenated alkanes) is 27. The van der Waals surface area contributed by atoms with Crippen LogP contribution in [0.1, 0.15) is 323 Å². The number of allylic oxidation sites excluding steroid dienone is 22. The van der Waals surface area contributed by atoms with Crippen LogP contribution in [0, 0.1) is 0 Å². The van der Waals surface area contributed by atoms with Gasteiger partial charge in [-0.25, -0.2) is 9.13 Å². The highest BCUT2D eigenvalue weighted by Crippen LogP contribution is 2.45. The quantitative estimate of drug-likeness (QED) is 0.0169. The van der Waals surface area contributed by atoms with Crippen LogP contribution in [0.3, 0.4) is 0 Å². The molecular formula is C85H144O17P2. The Balaban J connectivity index is 5.35. The van der Waals surface area contributed by atoms with E-state index < -0.39 is 97.5 Å². The Labute approximate surface area is 631 Å². The van der Waals surface area contributed by atoms with Crippen LogP contribution < -0.4 is 0 Å². The van der Waals surface area contributed by atoms with Crippen LogP contribution in [0.5, 0.6) is 0 Å². The molecule has 3 N–H and O–H groups in total. The minimum absolute atomic E-state index is 0.0688. The topological polar surface area (TPSA) is 237 Å². The average Bonchev–Trinajstić information content (AvgIpc) is 0.929. The largest absolute Gasteiger partial charge is 0.472 e. The van der Waals surface area contributed by atoms with E-state index in [-0.39, 0.29) is 25.7 Å². The molecule has 0 aromatic heterocycles. The van der Waals surface area contributed by atoms with Crippen LogP contribution in [0.15, 0.2) is 134 Å². The predicted octanol–water partition coefficient (Wildman–Crippen LogP) is 23.7. The Bertz CT molecular complexity index is 2490. The van der Waals surface area contributed by atoms with Gasteiger partial charge in [-0.1, -0.05) is 277 Å². The summed E-state index contributed by atoms with van der Waals surface area (Å²) in [5, 5.41) is 10.6. The van der Waals surface area contributed by atoms with Gasteiger partial charge in [-0.2, -0.15) is 0 Å². The molecule has 104 heavy (non-hydrogen) atoms. The lowest BCUT2D eigenvalue weighted by molar-refractivity contribution is -0.161. The Morgan fingerprint density at radius 2 is 0.510 bits per heavy atom. The molecule has 0 aliphatic heterocycles. The van der Waals surface area contributed by atoms with Crippen LogP contribution in [-0.4, -0.2) is 96.7 Å². The minimum Gasteiger partial charge on any atom is -0.462 e. The van der Waals surface area contributed by atoms with E-state index in [1.807, 2.05) is 0 Å². The molecule has 0 fully saturated rings. The molecule has 0 spiro atoms. The number of hydrogen-bond acceptors (Lipinski definition) is 15. The highest BCUT2D eigenvalue weighted by molar-refractivity contribution is 7.47. The summed E-state index contributed by atoms with van der Waals surface area (Å²) in [6.45, 7) is 4.54. The molecule has 0 aliphatic carbocycles. The van der Waals surface area contributed by atoms with Crippen molar-refractivity contribution in [1.29, 1.82) is 0 Å². The summed E-state index contributed by atoms with van der Waals surface area (Å²) in [6, 6.07) is 0. The average molecular weight is 1500 g/mol. The van der Waals surface area contributed by atoms with E-state index in [9.17, 15) is 43.2 Å². The van der Waals surface area contributed by atoms with E-state index in [2.05, 4.69) is 161 Å². The summed E-state index contributed by atoms with van der Waals surface area (Å²) in [6.07, 6.45) is 85.7. The molecule has 17 nitrogen and oxygen atoms in total. The van der Waals surface area contributed by atoms with Crippen molar-refractivity contribution in [3.05, 3.63) is 134 Å². The van der Waals surface area contributed by atoms with E-state index in [0.29, 0.717) is 25.7 Å². The molecule has 19 heteroatoms. The zero-order chi connectivity index (χ0) is 76.0. The maximum absolute atomic E-state index is 13.1. The van der Waals surface area contributed by atoms with E-state index in [4.69, 9.17) is 37.0 Å². The minimum atomic E-state index is -4.99. The third kappa shape index (κ3) is 75.4. The Kier molecular flexibility index (Phi) is 72.9. The van der Waals surface area contributed by atoms with Gasteiger partial charge in [0.1, 0.15) is 19.3 Å². The van der Waals surface area contributed by atoms with Gasteiger partial charge in [0.25, 0.3) is 0 Å². The van der Waals surface area contributed by atoms with E-state index in [0.717, 1.165) is 212 Å². The molecule has 0 saturated carbocycles. The monoisotopic (exact) mass is 1500 g/mol. The summed E-state index contributed by atoms with van der Waals surface area (Å²) < 4.78 is 68.6. The van der Waals surface area contributed by atoms with Crippen LogP contribution >= 0.6 is 15.6 Å². The second kappa shape index (κ2) is 76.4. The zero-order valence-electron chi connectivity index (χ0n) is 65.2. The lowest BCUT2D eigenvalue weighted by atomic mass is 10.1. The highest BCUT2D eigenvalue weighted by atomic mass is 31.2. The number of aliphatic hydroxyl groups is 1. The lowest BCUT2D eigenvalue weighted by Gasteiger charge is -2.21. The number of carbonyl (C=O) groups is 4. The summed E-state index contributed by atoms with van der Waals surface area (Å²) in [7, 11) is -9.97. The standard InChI is InChI=1S/C85H144O17P2/c1-5-9-13-17-21-25-29-32-35-37-39-41-44-46-50-53-57-61-65-69-82(87)95-75-80(101-84(89)71-67-63-59-55-49-28-24-20-16-12-8-4)77-99-103(91,92)97-73-79(86)74-98-104(93,94)100-78-81(102-85(90)72-68-64-60-56-52-48-43-34-31-27-23-19-15-11-7-3)76-96-83(88)70-66-62-58-54-51-47-45-42-40-38-36-33-30-26-22-18-14-10-6-2/h10-11,14-15,20-27,32-36,39-43,79-81,86H,5-9,12-13,16-19,28-31,37-38,44-78H2,1-4H3,(H,91,92)(H,93,94)/b14-10-,15-11-,24-20-,25-21-,26-22-,27-23-,35-32-,36-33-,41-39-,42-40-,43-34-. The van der Waals surface area contributed by atoms with Gasteiger partial charge in [0.15, 0.2) is 12.2 Å². The third-order valence-electron chi connectivity index (χ3n) is 16.6. The fraction of sp³-hybridized carbons (Fsp3) is 0.694. The van der Waals surface area contributed by atoms with Gasteiger partial charge in [0.05, 0.1) is 26.4 Å². The number of carbonyl (C=O) groups excluding carboxylic acids is 4. The molecule has 5 unspecified atom stereocenters. The number of phosphoric ester groups is 2. The molecule has 0 bridgehead atoms. The SMILES string of the molecule is CC/C=C\C/C=C\C/C=C\C/C=C\CCCCCCCCC(=O)OCC(COP(=O)(O)OCC(O)COP(=O)(O)OCC(COC(=O)CCCCCCCC/C=C\C/C=C\C/C=C\CCCCC)OC(=O)CCCCCCC/C=C\CCCC)OC(=O)CCCCCCC/C=C\C/C=C\C/C=C\CC. The first-order chi connectivity index (χ1) is 50.7. The van der Waals surface area contributed by atoms with Crippen molar-refractivity contribution in [3.63, 3.8) is 0 Å². The molecule has 0 radical (unpaired) electrons. The van der Waals surface area contributed by atoms with Crippen LogP contribution in [0.2, 0.25) is 0 Å². The molecule has 0 amide bonds. The summed E-state index contributed by atoms with van der Waals surface area (Å²) in [5.41, 5.74) is 0. The second-order valence-electron chi connectivity index (χ2n) is 26.6. The fourth-order valence-corrected chi connectivity index (χ4v) is 12.0. The summed E-state index contributed by atoms with van der Waals surface area (Å²) in [5.74, 6) is -2.23. The molecule has 0 aromatic carbocycles. The first-order valence-corrected chi connectivity index (χ1v) is 43.4. The maximum Gasteiger partial charge on any atom is 0.472 e. The number of hydrogen-bond donors (Lipinski definition) is 3. The van der Waals surface area contributed by atoms with Gasteiger partial charge in [-0.3, -0.25) is 37.3 Å². The van der Waals surface area contributed by atoms with Crippen molar-refractivity contribution in [2.24, 2.45) is 0 Å². The van der Waals surface area contributed by atoms with Gasteiger partial charge in [0.2, 0.25) is 0 Å². The molecule has 0 rings (SSSR count). The number of phosphoric acid groups is 2. The smallest absolute Gasteiger partial charge is 0.462 e. The second-order valence-corrected chi connectivity index (χ2v) is 29.5. The van der Waals surface area contributed by atoms with E-state index in [1.165, 1.54) is 32.1 Å². The summed E-state index contributed by atoms with van der Waals surface area (Å²) in [4.78, 5) is 73.0. The molecule has 0 saturated heterocycles. The van der Waals surface area contributed by atoms with Crippen molar-refractivity contribution in [2.75, 3.05) is 39.6 Å². The zero-order valence-corrected chi connectivity index (χ0v) is 66.9. The van der Waals surface area contributed by atoms with Crippen LogP contribution in [-0.2, 0) is 65.4 Å². The van der Waals surface area contributed by atoms with Crippen molar-refractivity contribution >= 4 is 39.5 Å². The van der Waals surface area contributed by atoms with Crippen molar-refractivity contribution in [1.82, 2.24) is 0 Å². The molecule has 0 heterocycles. The third-order valence-corrected chi connectivity index (χ3v) is 18.5. The van der Waals surface area contributed by atoms with Gasteiger partial charge >= 0.3 is 39.5 Å². The lowest BCUT2D eigenvalue weighted by Crippen LogP contribution is -2.30. The number of esters is 4. The first-order valence-electron chi connectivity index (χ1n) is 40.4. The Morgan fingerprint density at radius 1 is 0.279 bits per heavy atom. The molecule has 5 atom stereocenters. The summed E-state index contributed by atoms with van der Waals surface area (Å²) >= 11 is 0. The Morgan fingerprint density at radius 3 is 0.808 bits per heavy atom. The number of rotatable bonds is 75. The molecule has 0 aliphatic rings. The predicted molar refractivity (Wildman–Crippen MR) is 427 cm³/mol. The van der Waals surface area contributed by atoms with Crippen molar-refractivity contribution in [2.45, 2.75) is 341 Å². The van der Waals surface area contributed by atoms with Crippen LogP contribution in [0.25, 0.3) is 0 Å². The maximum atomic E-state index is 13.1. The van der Waals surface area contributed by atoms with Gasteiger partial charge in [-0.15, -0.1) is 0 Å². The normalized spacial score (nSPS) is 14.6. The first kappa shape index (κ1) is 99.2. The highest BCUT2D eigenvalue weighted by Gasteiger charge is 2.30. The van der Waals surface area contributed by atoms with Gasteiger partial charge in [0, 0.05) is 25.7 Å². The van der Waals surface area contributed by atoms with Gasteiger partial charge in [-0.05, 0) is 154 Å². The number of ether oxygens (including phenoxy) is 4. The van der Waals surface area contributed by atoms with Crippen LogP contribution in [0.4, 0.5) is 0 Å². The Hall–Kier alpha value is -4.80. The molecular weight excluding hydrogens is 1350 g/mol. The number of aliphatic hydroxyl groups excluding tert-OH is 1. The molecule has 0 aromatic rings.